The number of rotatable bonds is 5. The summed E-state index contributed by atoms with van der Waals surface area (Å²) in [5.41, 5.74) is 6.09. The normalized spacial score (nSPS) is 14.1. The Morgan fingerprint density at radius 1 is 1.10 bits per heavy atom. The fourth-order valence-corrected chi connectivity index (χ4v) is 4.31. The maximum Gasteiger partial charge on any atom is 0.313 e. The van der Waals surface area contributed by atoms with Crippen molar-refractivity contribution in [2.24, 2.45) is 0 Å². The number of hydrogen-bond donors (Lipinski definition) is 1. The number of aliphatic carboxylic acids is 1. The highest BCUT2D eigenvalue weighted by Crippen LogP contribution is 2.40. The Labute approximate surface area is 179 Å². The minimum absolute atomic E-state index is 0.138. The Hall–Kier alpha value is -2.69. The van der Waals surface area contributed by atoms with Gasteiger partial charge in [-0.1, -0.05) is 57.9 Å². The zero-order chi connectivity index (χ0) is 22.4. The number of aryl methyl sites for hydroxylation is 3. The second-order valence-electron chi connectivity index (χ2n) is 9.68. The predicted molar refractivity (Wildman–Crippen MR) is 121 cm³/mol. The van der Waals surface area contributed by atoms with Gasteiger partial charge in [-0.3, -0.25) is 4.79 Å². The van der Waals surface area contributed by atoms with Crippen LogP contribution in [0.25, 0.3) is 16.9 Å². The highest BCUT2D eigenvalue weighted by atomic mass is 16.4. The van der Waals surface area contributed by atoms with Crippen LogP contribution >= 0.6 is 0 Å². The van der Waals surface area contributed by atoms with Gasteiger partial charge in [0.15, 0.2) is 5.65 Å². The van der Waals surface area contributed by atoms with E-state index in [0.717, 1.165) is 45.8 Å². The highest BCUT2D eigenvalue weighted by Gasteiger charge is 2.40. The first-order chi connectivity index (χ1) is 13.9. The molecule has 1 aromatic carbocycles. The van der Waals surface area contributed by atoms with Crippen molar-refractivity contribution in [3.63, 3.8) is 0 Å². The summed E-state index contributed by atoms with van der Waals surface area (Å²) in [6, 6.07) is 8.30. The summed E-state index contributed by atoms with van der Waals surface area (Å²) in [7, 11) is 0. The maximum absolute atomic E-state index is 12.5. The largest absolute Gasteiger partial charge is 0.481 e. The molecule has 1 atom stereocenters. The van der Waals surface area contributed by atoms with Gasteiger partial charge in [0.05, 0.1) is 16.8 Å². The third kappa shape index (κ3) is 3.62. The van der Waals surface area contributed by atoms with Gasteiger partial charge in [-0.2, -0.15) is 5.10 Å². The molecule has 0 spiro atoms. The molecule has 160 valence electrons. The number of hydrogen-bond acceptors (Lipinski definition) is 3. The van der Waals surface area contributed by atoms with E-state index in [1.807, 2.05) is 31.4 Å². The molecule has 1 N–H and O–H groups in total. The van der Waals surface area contributed by atoms with Crippen LogP contribution in [-0.2, 0) is 15.6 Å². The van der Waals surface area contributed by atoms with Crippen molar-refractivity contribution >= 4 is 11.6 Å². The number of carboxylic acid groups (broad SMARTS) is 1. The monoisotopic (exact) mass is 407 g/mol. The lowest BCUT2D eigenvalue weighted by molar-refractivity contribution is -0.143. The molecule has 0 amide bonds. The van der Waals surface area contributed by atoms with Gasteiger partial charge in [0.1, 0.15) is 0 Å². The van der Waals surface area contributed by atoms with Crippen LogP contribution in [0.2, 0.25) is 0 Å². The standard InChI is InChI=1S/C25H33N3O2/c1-9-12-25(8,23(29)30)21-17(4)26-20-14-19(24(5,6)7)27-28(20)22(21)18-11-10-15(2)13-16(18)3/h10-11,13-14H,9,12H2,1-8H3,(H,29,30). The molecular weight excluding hydrogens is 374 g/mol. The number of aromatic nitrogens is 3. The first-order valence-corrected chi connectivity index (χ1v) is 10.6. The van der Waals surface area contributed by atoms with E-state index in [-0.39, 0.29) is 5.41 Å². The highest BCUT2D eigenvalue weighted by molar-refractivity contribution is 5.86. The lowest BCUT2D eigenvalue weighted by atomic mass is 9.75. The lowest BCUT2D eigenvalue weighted by Crippen LogP contribution is -2.35. The van der Waals surface area contributed by atoms with Gasteiger partial charge < -0.3 is 5.11 Å². The number of nitrogens with zero attached hydrogens (tertiary/aromatic N) is 3. The Morgan fingerprint density at radius 2 is 1.77 bits per heavy atom. The molecule has 0 aliphatic heterocycles. The van der Waals surface area contributed by atoms with E-state index in [0.29, 0.717) is 6.42 Å². The molecule has 0 saturated carbocycles. The molecule has 30 heavy (non-hydrogen) atoms. The van der Waals surface area contributed by atoms with E-state index in [4.69, 9.17) is 10.1 Å². The average molecular weight is 408 g/mol. The minimum atomic E-state index is -1.06. The van der Waals surface area contributed by atoms with Crippen molar-refractivity contribution in [2.45, 2.75) is 79.1 Å². The minimum Gasteiger partial charge on any atom is -0.481 e. The van der Waals surface area contributed by atoms with Gasteiger partial charge in [-0.05, 0) is 39.7 Å². The zero-order valence-electron chi connectivity index (χ0n) is 19.4. The molecule has 0 fully saturated rings. The van der Waals surface area contributed by atoms with Crippen LogP contribution in [0.3, 0.4) is 0 Å². The summed E-state index contributed by atoms with van der Waals surface area (Å²) in [4.78, 5) is 17.3. The third-order valence-electron chi connectivity index (χ3n) is 5.96. The van der Waals surface area contributed by atoms with E-state index in [1.165, 1.54) is 5.56 Å². The zero-order valence-corrected chi connectivity index (χ0v) is 19.4. The molecule has 0 saturated heterocycles. The van der Waals surface area contributed by atoms with Gasteiger partial charge in [0, 0.05) is 28.3 Å². The molecule has 3 rings (SSSR count). The van der Waals surface area contributed by atoms with Crippen LogP contribution in [0.15, 0.2) is 24.3 Å². The van der Waals surface area contributed by atoms with Crippen molar-refractivity contribution in [1.29, 1.82) is 0 Å². The topological polar surface area (TPSA) is 67.5 Å². The van der Waals surface area contributed by atoms with E-state index in [1.54, 1.807) is 0 Å². The summed E-state index contributed by atoms with van der Waals surface area (Å²) in [5, 5.41) is 15.2. The summed E-state index contributed by atoms with van der Waals surface area (Å²) in [6.07, 6.45) is 1.29. The first-order valence-electron chi connectivity index (χ1n) is 10.6. The van der Waals surface area contributed by atoms with Crippen molar-refractivity contribution in [1.82, 2.24) is 14.6 Å². The fourth-order valence-electron chi connectivity index (χ4n) is 4.31. The number of carboxylic acids is 1. The van der Waals surface area contributed by atoms with Crippen LogP contribution < -0.4 is 0 Å². The molecule has 2 heterocycles. The molecular formula is C25H33N3O2. The van der Waals surface area contributed by atoms with Crippen LogP contribution in [-0.4, -0.2) is 25.7 Å². The predicted octanol–water partition coefficient (Wildman–Crippen LogP) is 5.76. The number of carbonyl (C=O) groups is 1. The molecule has 3 aromatic rings. The number of fused-ring (bicyclic) bond motifs is 1. The Balaban J connectivity index is 2.52. The molecule has 0 aliphatic rings. The fraction of sp³-hybridized carbons (Fsp3) is 0.480. The van der Waals surface area contributed by atoms with Gasteiger partial charge >= 0.3 is 5.97 Å². The molecule has 0 radical (unpaired) electrons. The van der Waals surface area contributed by atoms with Crippen molar-refractivity contribution in [2.75, 3.05) is 0 Å². The van der Waals surface area contributed by atoms with Crippen molar-refractivity contribution in [3.05, 3.63) is 52.3 Å². The Morgan fingerprint density at radius 3 is 2.30 bits per heavy atom. The number of benzene rings is 1. The second kappa shape index (κ2) is 7.53. The first kappa shape index (κ1) is 22.0. The molecule has 5 nitrogen and oxygen atoms in total. The molecule has 0 aliphatic carbocycles. The summed E-state index contributed by atoms with van der Waals surface area (Å²) in [5.74, 6) is -0.831. The van der Waals surface area contributed by atoms with E-state index < -0.39 is 11.4 Å². The summed E-state index contributed by atoms with van der Waals surface area (Å²) in [6.45, 7) is 16.3. The van der Waals surface area contributed by atoms with Crippen LogP contribution in [0, 0.1) is 20.8 Å². The van der Waals surface area contributed by atoms with Gasteiger partial charge in [-0.25, -0.2) is 9.50 Å². The molecule has 5 heteroatoms. The van der Waals surface area contributed by atoms with Crippen LogP contribution in [0.4, 0.5) is 0 Å². The van der Waals surface area contributed by atoms with Crippen molar-refractivity contribution < 1.29 is 9.90 Å². The van der Waals surface area contributed by atoms with Gasteiger partial charge in [0.25, 0.3) is 0 Å². The molecule has 2 aromatic heterocycles. The van der Waals surface area contributed by atoms with E-state index in [9.17, 15) is 9.90 Å². The van der Waals surface area contributed by atoms with Crippen LogP contribution in [0.5, 0.6) is 0 Å². The van der Waals surface area contributed by atoms with E-state index in [2.05, 4.69) is 52.8 Å². The molecule has 0 bridgehead atoms. The Bertz CT molecular complexity index is 1120. The third-order valence-corrected chi connectivity index (χ3v) is 5.96. The van der Waals surface area contributed by atoms with Gasteiger partial charge in [-0.15, -0.1) is 0 Å². The van der Waals surface area contributed by atoms with Gasteiger partial charge in [0.2, 0.25) is 0 Å². The summed E-state index contributed by atoms with van der Waals surface area (Å²) >= 11 is 0. The van der Waals surface area contributed by atoms with E-state index >= 15 is 0 Å². The maximum atomic E-state index is 12.5. The smallest absolute Gasteiger partial charge is 0.313 e. The van der Waals surface area contributed by atoms with Crippen LogP contribution in [0.1, 0.15) is 75.5 Å². The second-order valence-corrected chi connectivity index (χ2v) is 9.68. The molecule has 1 unspecified atom stereocenters. The summed E-state index contributed by atoms with van der Waals surface area (Å²) < 4.78 is 1.86. The average Bonchev–Trinajstić information content (AvgIpc) is 3.05. The lowest BCUT2D eigenvalue weighted by Gasteiger charge is -2.29. The Kier molecular flexibility index (Phi) is 5.52. The SMILES string of the molecule is CCCC(C)(C(=O)O)c1c(C)nc2cc(C(C)(C)C)nn2c1-c1ccc(C)cc1C. The quantitative estimate of drug-likeness (QED) is 0.584. The van der Waals surface area contributed by atoms with Crippen molar-refractivity contribution in [3.8, 4) is 11.3 Å².